The number of hydrogen-bond donors (Lipinski definition) is 2. The Balaban J connectivity index is 2.39. The molecule has 1 aliphatic rings. The van der Waals surface area contributed by atoms with Crippen molar-refractivity contribution in [3.8, 4) is 0 Å². The molecule has 2 N–H and O–H groups in total. The highest BCUT2D eigenvalue weighted by atomic mass is 16.5. The van der Waals surface area contributed by atoms with Gasteiger partial charge in [-0.3, -0.25) is 14.8 Å². The minimum Gasteiger partial charge on any atom is -0.343 e. The predicted molar refractivity (Wildman–Crippen MR) is 44.9 cm³/mol. The molecule has 5 nitrogen and oxygen atoms in total. The van der Waals surface area contributed by atoms with Crippen molar-refractivity contribution in [3.05, 3.63) is 0 Å². The van der Waals surface area contributed by atoms with E-state index in [0.29, 0.717) is 25.9 Å². The Hall–Kier alpha value is -1.10. The van der Waals surface area contributed by atoms with Crippen LogP contribution in [0.25, 0.3) is 0 Å². The highest BCUT2D eigenvalue weighted by Gasteiger charge is 2.25. The van der Waals surface area contributed by atoms with Crippen LogP contribution in [0.4, 0.5) is 0 Å². The third-order valence-corrected chi connectivity index (χ3v) is 2.42. The summed E-state index contributed by atoms with van der Waals surface area (Å²) in [6.07, 6.45) is 1.26. The minimum absolute atomic E-state index is 0.0443. The number of rotatable bonds is 1. The maximum Gasteiger partial charge on any atom is 0.246 e. The molecule has 1 rings (SSSR count). The lowest BCUT2D eigenvalue weighted by molar-refractivity contribution is -0.138. The largest absolute Gasteiger partial charge is 0.343 e. The van der Waals surface area contributed by atoms with Gasteiger partial charge in [-0.15, -0.1) is 0 Å². The molecule has 0 aromatic rings. The second kappa shape index (κ2) is 4.23. The molecule has 0 bridgehead atoms. The molecule has 1 saturated heterocycles. The van der Waals surface area contributed by atoms with Gasteiger partial charge in [0.2, 0.25) is 11.8 Å². The second-order valence-corrected chi connectivity index (χ2v) is 3.26. The molecule has 0 aromatic carbocycles. The van der Waals surface area contributed by atoms with Gasteiger partial charge in [0.05, 0.1) is 0 Å². The lowest BCUT2D eigenvalue weighted by Gasteiger charge is -2.29. The van der Waals surface area contributed by atoms with Crippen LogP contribution in [0.15, 0.2) is 0 Å². The molecule has 13 heavy (non-hydrogen) atoms. The van der Waals surface area contributed by atoms with E-state index in [0.717, 1.165) is 0 Å². The molecule has 74 valence electrons. The predicted octanol–water partition coefficient (Wildman–Crippen LogP) is -0.250. The van der Waals surface area contributed by atoms with Gasteiger partial charge in [-0.25, -0.2) is 5.48 Å². The summed E-state index contributed by atoms with van der Waals surface area (Å²) in [6.45, 7) is 2.73. The van der Waals surface area contributed by atoms with Crippen LogP contribution >= 0.6 is 0 Å². The van der Waals surface area contributed by atoms with Gasteiger partial charge in [0.15, 0.2) is 0 Å². The number of nitrogens with one attached hydrogen (secondary N) is 1. The normalized spacial score (nSPS) is 18.5. The van der Waals surface area contributed by atoms with Crippen molar-refractivity contribution in [2.24, 2.45) is 5.92 Å². The smallest absolute Gasteiger partial charge is 0.246 e. The minimum atomic E-state index is -0.344. The molecule has 1 aliphatic heterocycles. The van der Waals surface area contributed by atoms with Crippen LogP contribution in [-0.2, 0) is 9.59 Å². The van der Waals surface area contributed by atoms with E-state index < -0.39 is 0 Å². The molecule has 0 aliphatic carbocycles. The SMILES string of the molecule is CC(=O)N1CCC(C(=O)NO)CC1. The van der Waals surface area contributed by atoms with E-state index in [1.54, 1.807) is 10.4 Å². The van der Waals surface area contributed by atoms with Crippen molar-refractivity contribution in [1.29, 1.82) is 0 Å². The second-order valence-electron chi connectivity index (χ2n) is 3.26. The van der Waals surface area contributed by atoms with Crippen LogP contribution < -0.4 is 5.48 Å². The molecular weight excluding hydrogens is 172 g/mol. The van der Waals surface area contributed by atoms with Gasteiger partial charge in [-0.1, -0.05) is 0 Å². The number of hydrogen-bond acceptors (Lipinski definition) is 3. The van der Waals surface area contributed by atoms with E-state index in [-0.39, 0.29) is 17.7 Å². The van der Waals surface area contributed by atoms with E-state index in [9.17, 15) is 9.59 Å². The van der Waals surface area contributed by atoms with Gasteiger partial charge in [-0.05, 0) is 12.8 Å². The molecule has 0 radical (unpaired) electrons. The van der Waals surface area contributed by atoms with Crippen molar-refractivity contribution < 1.29 is 14.8 Å². The van der Waals surface area contributed by atoms with Gasteiger partial charge in [0.25, 0.3) is 0 Å². The zero-order valence-electron chi connectivity index (χ0n) is 7.62. The van der Waals surface area contributed by atoms with Crippen LogP contribution in [0.1, 0.15) is 19.8 Å². The monoisotopic (exact) mass is 186 g/mol. The number of nitrogens with zero attached hydrogens (tertiary/aromatic N) is 1. The van der Waals surface area contributed by atoms with Crippen molar-refractivity contribution in [2.45, 2.75) is 19.8 Å². The summed E-state index contributed by atoms with van der Waals surface area (Å²) in [7, 11) is 0. The van der Waals surface area contributed by atoms with Crippen molar-refractivity contribution in [1.82, 2.24) is 10.4 Å². The highest BCUT2D eigenvalue weighted by molar-refractivity contribution is 5.78. The summed E-state index contributed by atoms with van der Waals surface area (Å²) in [5, 5.41) is 8.38. The maximum atomic E-state index is 11.0. The summed E-state index contributed by atoms with van der Waals surface area (Å²) >= 11 is 0. The Labute approximate surface area is 76.7 Å². The topological polar surface area (TPSA) is 69.6 Å². The Morgan fingerprint density at radius 1 is 1.38 bits per heavy atom. The van der Waals surface area contributed by atoms with Crippen LogP contribution in [0, 0.1) is 5.92 Å². The number of carbonyl (C=O) groups is 2. The quantitative estimate of drug-likeness (QED) is 0.438. The summed E-state index contributed by atoms with van der Waals surface area (Å²) in [5.74, 6) is -0.452. The number of amides is 2. The molecular formula is C8H14N2O3. The van der Waals surface area contributed by atoms with Crippen LogP contribution in [-0.4, -0.2) is 35.0 Å². The number of piperidine rings is 1. The molecule has 0 unspecified atom stereocenters. The standard InChI is InChI=1S/C8H14N2O3/c1-6(11)10-4-2-7(3-5-10)8(12)9-13/h7,13H,2-5H2,1H3,(H,9,12). The number of hydroxylamine groups is 1. The van der Waals surface area contributed by atoms with E-state index in [1.807, 2.05) is 0 Å². The summed E-state index contributed by atoms with van der Waals surface area (Å²) in [4.78, 5) is 23.6. The number of likely N-dealkylation sites (tertiary alicyclic amines) is 1. The van der Waals surface area contributed by atoms with E-state index in [2.05, 4.69) is 0 Å². The van der Waals surface area contributed by atoms with Gasteiger partial charge < -0.3 is 4.90 Å². The zero-order chi connectivity index (χ0) is 9.84. The molecule has 1 heterocycles. The first-order valence-electron chi connectivity index (χ1n) is 4.34. The van der Waals surface area contributed by atoms with E-state index in [1.165, 1.54) is 6.92 Å². The summed E-state index contributed by atoms with van der Waals surface area (Å²) < 4.78 is 0. The Morgan fingerprint density at radius 2 is 1.92 bits per heavy atom. The fraction of sp³-hybridized carbons (Fsp3) is 0.750. The average Bonchev–Trinajstić information content (AvgIpc) is 2.17. The number of carbonyl (C=O) groups excluding carboxylic acids is 2. The molecule has 0 aromatic heterocycles. The van der Waals surface area contributed by atoms with Gasteiger partial charge in [0.1, 0.15) is 0 Å². The Morgan fingerprint density at radius 3 is 2.31 bits per heavy atom. The molecule has 1 fully saturated rings. The lowest BCUT2D eigenvalue weighted by Crippen LogP contribution is -2.41. The third-order valence-electron chi connectivity index (χ3n) is 2.42. The summed E-state index contributed by atoms with van der Waals surface area (Å²) in [5.41, 5.74) is 1.64. The average molecular weight is 186 g/mol. The fourth-order valence-corrected chi connectivity index (χ4v) is 1.55. The zero-order valence-corrected chi connectivity index (χ0v) is 7.62. The van der Waals surface area contributed by atoms with Crippen LogP contribution in [0.3, 0.4) is 0 Å². The molecule has 2 amide bonds. The van der Waals surface area contributed by atoms with Crippen molar-refractivity contribution in [3.63, 3.8) is 0 Å². The van der Waals surface area contributed by atoms with Gasteiger partial charge in [0, 0.05) is 25.9 Å². The van der Waals surface area contributed by atoms with Gasteiger partial charge in [-0.2, -0.15) is 0 Å². The Kier molecular flexibility index (Phi) is 3.25. The first kappa shape index (κ1) is 9.98. The van der Waals surface area contributed by atoms with Crippen molar-refractivity contribution in [2.75, 3.05) is 13.1 Å². The van der Waals surface area contributed by atoms with Gasteiger partial charge >= 0.3 is 0 Å². The molecule has 5 heteroatoms. The fourth-order valence-electron chi connectivity index (χ4n) is 1.55. The maximum absolute atomic E-state index is 11.0. The van der Waals surface area contributed by atoms with Crippen LogP contribution in [0.5, 0.6) is 0 Å². The highest BCUT2D eigenvalue weighted by Crippen LogP contribution is 2.16. The summed E-state index contributed by atoms with van der Waals surface area (Å²) in [6, 6.07) is 0. The van der Waals surface area contributed by atoms with E-state index in [4.69, 9.17) is 5.21 Å². The third kappa shape index (κ3) is 2.42. The molecule has 0 saturated carbocycles. The first-order chi connectivity index (χ1) is 6.15. The first-order valence-corrected chi connectivity index (χ1v) is 4.34. The molecule has 0 spiro atoms. The van der Waals surface area contributed by atoms with Crippen LogP contribution in [0.2, 0.25) is 0 Å². The molecule has 0 atom stereocenters. The Bertz CT molecular complexity index is 209. The lowest BCUT2D eigenvalue weighted by atomic mass is 9.96. The van der Waals surface area contributed by atoms with Crippen molar-refractivity contribution >= 4 is 11.8 Å². The van der Waals surface area contributed by atoms with E-state index >= 15 is 0 Å².